The van der Waals surface area contributed by atoms with E-state index in [0.29, 0.717) is 76.1 Å². The van der Waals surface area contributed by atoms with Crippen LogP contribution in [-0.4, -0.2) is 88.9 Å². The Labute approximate surface area is 281 Å². The van der Waals surface area contributed by atoms with E-state index in [1.165, 1.54) is 6.42 Å². The molecule has 5 fully saturated rings. The van der Waals surface area contributed by atoms with Gasteiger partial charge in [-0.25, -0.2) is 9.98 Å². The van der Waals surface area contributed by atoms with Gasteiger partial charge < -0.3 is 25.1 Å². The normalized spacial score (nSPS) is 26.6. The Hall–Kier alpha value is -2.85. The molecule has 9 nitrogen and oxygen atoms in total. The summed E-state index contributed by atoms with van der Waals surface area (Å²) < 4.78 is 1.80. The number of likely N-dealkylation sites (tertiary alicyclic amines) is 1. The molecule has 2 N–H and O–H groups in total. The van der Waals surface area contributed by atoms with Crippen LogP contribution in [0.1, 0.15) is 39.2 Å². The number of fused-ring (bicyclic) bond motifs is 3. The van der Waals surface area contributed by atoms with Crippen LogP contribution in [0.4, 0.5) is 11.6 Å². The number of benzene rings is 2. The van der Waals surface area contributed by atoms with Crippen molar-refractivity contribution in [2.75, 3.05) is 56.5 Å². The van der Waals surface area contributed by atoms with Gasteiger partial charge in [0.2, 0.25) is 5.95 Å². The molecule has 8 rings (SSSR count). The Morgan fingerprint density at radius 2 is 1.85 bits per heavy atom. The summed E-state index contributed by atoms with van der Waals surface area (Å²) in [5.41, 5.74) is 2.77. The summed E-state index contributed by atoms with van der Waals surface area (Å²) in [6.07, 6.45) is 2.65. The van der Waals surface area contributed by atoms with E-state index < -0.39 is 0 Å². The molecule has 3 saturated carbocycles. The summed E-state index contributed by atoms with van der Waals surface area (Å²) in [4.78, 5) is 31.1. The summed E-state index contributed by atoms with van der Waals surface area (Å²) in [7, 11) is 2.12. The second-order valence-electron chi connectivity index (χ2n) is 14.5. The Morgan fingerprint density at radius 1 is 1.09 bits per heavy atom. The molecule has 46 heavy (non-hydrogen) atoms. The second kappa shape index (κ2) is 12.3. The maximum absolute atomic E-state index is 14.1. The van der Waals surface area contributed by atoms with Crippen molar-refractivity contribution in [1.82, 2.24) is 19.4 Å². The fraction of sp³-hybridized carbons (Fsp3) is 0.571. The van der Waals surface area contributed by atoms with Crippen LogP contribution < -0.4 is 15.8 Å². The predicted octanol–water partition coefficient (Wildman–Crippen LogP) is 5.21. The van der Waals surface area contributed by atoms with Gasteiger partial charge in [-0.2, -0.15) is 0 Å². The first-order valence-electron chi connectivity index (χ1n) is 16.7. The first-order valence-corrected chi connectivity index (χ1v) is 17.4. The average Bonchev–Trinajstić information content (AvgIpc) is 3.00. The Kier molecular flexibility index (Phi) is 8.49. The second-order valence-corrected chi connectivity index (χ2v) is 15.4. The molecule has 11 heteroatoms. The topological polar surface area (TPSA) is 89.2 Å². The molecule has 2 aromatic carbocycles. The number of anilines is 2. The van der Waals surface area contributed by atoms with E-state index in [1.54, 1.807) is 10.6 Å². The molecule has 5 aliphatic rings. The van der Waals surface area contributed by atoms with Gasteiger partial charge in [-0.1, -0.05) is 50.0 Å². The number of aliphatic hydroxyl groups is 1. The minimum atomic E-state index is -0.339. The van der Waals surface area contributed by atoms with E-state index in [-0.39, 0.29) is 17.7 Å². The number of β-amino-alcohol motifs (C(OH)–C–C–N with tert-alkyl or cyclic N) is 1. The van der Waals surface area contributed by atoms with Crippen LogP contribution in [0.25, 0.3) is 10.9 Å². The molecule has 3 heterocycles. The minimum absolute atomic E-state index is 0.0619. The Balaban J connectivity index is 1.20. The lowest BCUT2D eigenvalue weighted by molar-refractivity contribution is -0.108. The zero-order valence-electron chi connectivity index (χ0n) is 27.2. The largest absolute Gasteiger partial charge is 0.389 e. The van der Waals surface area contributed by atoms with E-state index in [2.05, 4.69) is 47.8 Å². The zero-order valence-corrected chi connectivity index (χ0v) is 28.7. The third-order valence-electron chi connectivity index (χ3n) is 11.4. The zero-order chi connectivity index (χ0) is 32.3. The van der Waals surface area contributed by atoms with E-state index in [4.69, 9.17) is 33.2 Å². The van der Waals surface area contributed by atoms with Crippen LogP contribution in [0.3, 0.4) is 0 Å². The first kappa shape index (κ1) is 31.7. The number of aryl methyl sites for hydroxylation is 1. The average molecular weight is 667 g/mol. The number of aromatic nitrogens is 2. The molecule has 2 aliphatic heterocycles. The van der Waals surface area contributed by atoms with Crippen molar-refractivity contribution in [2.24, 2.45) is 28.2 Å². The van der Waals surface area contributed by atoms with Crippen LogP contribution in [0.15, 0.2) is 46.2 Å². The van der Waals surface area contributed by atoms with Gasteiger partial charge in [0.15, 0.2) is 5.96 Å². The molecule has 3 aromatic rings. The SMILES string of the molecule is CC1C(N=C(Nc2ccc3c(=O)n(CCc4ccc(Cl)cc4Cl)c(N4CCN(C)CC4)nc3c2)N2CC(O)C2)CC2CC1C2(C)C. The maximum atomic E-state index is 14.1. The van der Waals surface area contributed by atoms with Crippen LogP contribution in [0, 0.1) is 23.2 Å². The summed E-state index contributed by atoms with van der Waals surface area (Å²) in [6.45, 7) is 12.1. The monoisotopic (exact) mass is 665 g/mol. The van der Waals surface area contributed by atoms with Gasteiger partial charge in [-0.05, 0) is 85.4 Å². The Morgan fingerprint density at radius 3 is 2.52 bits per heavy atom. The van der Waals surface area contributed by atoms with Crippen LogP contribution >= 0.6 is 23.2 Å². The lowest BCUT2D eigenvalue weighted by atomic mass is 9.45. The van der Waals surface area contributed by atoms with Gasteiger partial charge in [0, 0.05) is 61.5 Å². The standard InChI is InChI=1S/C35H45Cl2N7O2/c1-21-28-15-23(35(28,2)3)16-30(21)39-33(43-19-26(45)20-43)38-25-7-8-27-31(18-25)40-34(42-13-11-41(4)12-14-42)44(32(27)46)10-9-22-5-6-24(36)17-29(22)37/h5-8,17-18,21,23,26,28,30,45H,9-16,19-20H2,1-4H3,(H,38,39). The molecule has 4 atom stereocenters. The number of aliphatic imine (C=N–C) groups is 1. The first-order chi connectivity index (χ1) is 22.0. The highest BCUT2D eigenvalue weighted by Crippen LogP contribution is 2.61. The highest BCUT2D eigenvalue weighted by atomic mass is 35.5. The molecule has 0 amide bonds. The van der Waals surface area contributed by atoms with Gasteiger partial charge in [0.1, 0.15) is 0 Å². The molecule has 0 radical (unpaired) electrons. The molecule has 4 unspecified atom stereocenters. The number of piperazine rings is 1. The van der Waals surface area contributed by atoms with E-state index in [0.717, 1.165) is 49.8 Å². The van der Waals surface area contributed by atoms with Crippen molar-refractivity contribution >= 4 is 51.7 Å². The fourth-order valence-electron chi connectivity index (χ4n) is 8.09. The lowest BCUT2D eigenvalue weighted by Gasteiger charge is -2.61. The summed E-state index contributed by atoms with van der Waals surface area (Å²) in [5, 5.41) is 15.5. The van der Waals surface area contributed by atoms with Crippen LogP contribution in [-0.2, 0) is 13.0 Å². The Bertz CT molecular complexity index is 1710. The fourth-order valence-corrected chi connectivity index (χ4v) is 8.60. The van der Waals surface area contributed by atoms with Gasteiger partial charge >= 0.3 is 0 Å². The van der Waals surface area contributed by atoms with Crippen molar-refractivity contribution in [1.29, 1.82) is 0 Å². The van der Waals surface area contributed by atoms with E-state index in [9.17, 15) is 9.90 Å². The molecular formula is C35H45Cl2N7O2. The number of nitrogens with one attached hydrogen (secondary N) is 1. The molecule has 1 aromatic heterocycles. The van der Waals surface area contributed by atoms with Crippen molar-refractivity contribution in [3.05, 3.63) is 62.4 Å². The summed E-state index contributed by atoms with van der Waals surface area (Å²) >= 11 is 12.6. The molecule has 2 saturated heterocycles. The highest BCUT2D eigenvalue weighted by molar-refractivity contribution is 6.35. The molecule has 3 aliphatic carbocycles. The lowest BCUT2D eigenvalue weighted by Crippen LogP contribution is -2.58. The third kappa shape index (κ3) is 5.89. The number of aliphatic hydroxyl groups excluding tert-OH is 1. The van der Waals surface area contributed by atoms with Crippen molar-refractivity contribution < 1.29 is 5.11 Å². The van der Waals surface area contributed by atoms with Crippen molar-refractivity contribution in [3.63, 3.8) is 0 Å². The van der Waals surface area contributed by atoms with E-state index >= 15 is 0 Å². The van der Waals surface area contributed by atoms with Crippen molar-refractivity contribution in [2.45, 2.75) is 58.7 Å². The number of hydrogen-bond donors (Lipinski definition) is 2. The third-order valence-corrected chi connectivity index (χ3v) is 11.9. The summed E-state index contributed by atoms with van der Waals surface area (Å²) in [5.74, 6) is 3.40. The van der Waals surface area contributed by atoms with Crippen LogP contribution in [0.2, 0.25) is 10.0 Å². The molecule has 0 spiro atoms. The number of hydrogen-bond acceptors (Lipinski definition) is 6. The number of nitrogens with zero attached hydrogens (tertiary/aromatic N) is 6. The molecule has 246 valence electrons. The van der Waals surface area contributed by atoms with Gasteiger partial charge in [-0.15, -0.1) is 0 Å². The van der Waals surface area contributed by atoms with Gasteiger partial charge in [0.25, 0.3) is 5.56 Å². The smallest absolute Gasteiger partial charge is 0.262 e. The maximum Gasteiger partial charge on any atom is 0.262 e. The van der Waals surface area contributed by atoms with E-state index in [1.807, 2.05) is 30.3 Å². The van der Waals surface area contributed by atoms with Gasteiger partial charge in [0.05, 0.1) is 23.0 Å². The summed E-state index contributed by atoms with van der Waals surface area (Å²) in [6, 6.07) is 11.5. The van der Waals surface area contributed by atoms with Crippen molar-refractivity contribution in [3.8, 4) is 0 Å². The number of rotatable bonds is 6. The predicted molar refractivity (Wildman–Crippen MR) is 187 cm³/mol. The van der Waals surface area contributed by atoms with Crippen LogP contribution in [0.5, 0.6) is 0 Å². The minimum Gasteiger partial charge on any atom is -0.389 e. The molecular weight excluding hydrogens is 621 g/mol. The highest BCUT2D eigenvalue weighted by Gasteiger charge is 2.56. The number of guanidine groups is 1. The van der Waals surface area contributed by atoms with Gasteiger partial charge in [-0.3, -0.25) is 9.36 Å². The quantitative estimate of drug-likeness (QED) is 0.276. The molecule has 2 bridgehead atoms. The number of halogens is 2. The number of likely N-dealkylation sites (N-methyl/N-ethyl adjacent to an activating group) is 1.